The number of esters is 1. The summed E-state index contributed by atoms with van der Waals surface area (Å²) in [7, 11) is 0. The Morgan fingerprint density at radius 2 is 2.00 bits per heavy atom. The lowest BCUT2D eigenvalue weighted by Crippen LogP contribution is -2.51. The van der Waals surface area contributed by atoms with E-state index in [2.05, 4.69) is 23.1 Å². The molecule has 2 aromatic carbocycles. The summed E-state index contributed by atoms with van der Waals surface area (Å²) in [5.41, 5.74) is 6.11. The number of hydrogen-bond donors (Lipinski definition) is 0. The van der Waals surface area contributed by atoms with E-state index in [1.807, 2.05) is 29.2 Å². The fourth-order valence-electron chi connectivity index (χ4n) is 5.21. The van der Waals surface area contributed by atoms with Gasteiger partial charge >= 0.3 is 5.97 Å². The minimum Gasteiger partial charge on any atom is -0.457 e. The maximum atomic E-state index is 12.9. The van der Waals surface area contributed by atoms with Crippen molar-refractivity contribution in [2.45, 2.75) is 38.2 Å². The molecule has 1 saturated heterocycles. The van der Waals surface area contributed by atoms with Crippen LogP contribution in [0.4, 0.5) is 0 Å². The molecule has 3 aliphatic rings. The monoisotopic (exact) mass is 429 g/mol. The van der Waals surface area contributed by atoms with Crippen LogP contribution in [0.25, 0.3) is 0 Å². The first-order valence-corrected chi connectivity index (χ1v) is 11.4. The van der Waals surface area contributed by atoms with Crippen molar-refractivity contribution in [1.82, 2.24) is 9.80 Å². The van der Waals surface area contributed by atoms with Crippen LogP contribution in [0.2, 0.25) is 0 Å². The summed E-state index contributed by atoms with van der Waals surface area (Å²) in [6.07, 6.45) is 4.08. The van der Waals surface area contributed by atoms with Crippen molar-refractivity contribution in [2.24, 2.45) is 0 Å². The van der Waals surface area contributed by atoms with Gasteiger partial charge in [-0.3, -0.25) is 9.69 Å². The second-order valence-corrected chi connectivity index (χ2v) is 9.05. The predicted molar refractivity (Wildman–Crippen MR) is 119 cm³/mol. The molecule has 32 heavy (non-hydrogen) atoms. The van der Waals surface area contributed by atoms with Crippen molar-refractivity contribution in [1.29, 1.82) is 5.26 Å². The molecule has 2 heterocycles. The van der Waals surface area contributed by atoms with Crippen LogP contribution in [0, 0.1) is 11.3 Å². The van der Waals surface area contributed by atoms with Gasteiger partial charge in [0.2, 0.25) is 5.91 Å². The van der Waals surface area contributed by atoms with Crippen molar-refractivity contribution in [3.05, 3.63) is 69.8 Å². The number of cyclic esters (lactones) is 1. The predicted octanol–water partition coefficient (Wildman–Crippen LogP) is 3.04. The molecule has 164 valence electrons. The molecule has 1 aliphatic carbocycles. The van der Waals surface area contributed by atoms with Crippen LogP contribution < -0.4 is 0 Å². The van der Waals surface area contributed by atoms with E-state index < -0.39 is 0 Å². The van der Waals surface area contributed by atoms with E-state index in [4.69, 9.17) is 10.00 Å². The van der Waals surface area contributed by atoms with Crippen LogP contribution in [0.1, 0.15) is 56.9 Å². The lowest BCUT2D eigenvalue weighted by atomic mass is 9.81. The number of fused-ring (bicyclic) bond motifs is 2. The fourth-order valence-corrected chi connectivity index (χ4v) is 5.21. The lowest BCUT2D eigenvalue weighted by Gasteiger charge is -2.37. The van der Waals surface area contributed by atoms with Crippen LogP contribution in [0.3, 0.4) is 0 Å². The normalized spacial score (nSPS) is 20.5. The summed E-state index contributed by atoms with van der Waals surface area (Å²) in [6, 6.07) is 14.1. The smallest absolute Gasteiger partial charge is 0.338 e. The van der Waals surface area contributed by atoms with E-state index in [0.29, 0.717) is 24.6 Å². The van der Waals surface area contributed by atoms with Gasteiger partial charge in [0.05, 0.1) is 23.7 Å². The number of carbonyl (C=O) groups is 2. The molecule has 6 nitrogen and oxygen atoms in total. The molecule has 2 aromatic rings. The van der Waals surface area contributed by atoms with E-state index in [0.717, 1.165) is 63.0 Å². The highest BCUT2D eigenvalue weighted by Crippen LogP contribution is 2.33. The van der Waals surface area contributed by atoms with Crippen LogP contribution >= 0.6 is 0 Å². The Balaban J connectivity index is 1.16. The minimum absolute atomic E-state index is 0.199. The summed E-state index contributed by atoms with van der Waals surface area (Å²) >= 11 is 0. The zero-order valence-corrected chi connectivity index (χ0v) is 18.2. The molecule has 0 aromatic heterocycles. The number of nitrogens with zero attached hydrogens (tertiary/aromatic N) is 3. The first kappa shape index (κ1) is 20.7. The number of rotatable bonds is 5. The van der Waals surface area contributed by atoms with Gasteiger partial charge in [-0.2, -0.15) is 5.26 Å². The van der Waals surface area contributed by atoms with Gasteiger partial charge in [0, 0.05) is 37.7 Å². The second-order valence-electron chi connectivity index (χ2n) is 9.05. The molecule has 0 bridgehead atoms. The summed E-state index contributed by atoms with van der Waals surface area (Å²) in [4.78, 5) is 28.7. The molecule has 0 spiro atoms. The molecule has 1 amide bonds. The van der Waals surface area contributed by atoms with E-state index >= 15 is 0 Å². The number of nitriles is 1. The molecule has 2 aliphatic heterocycles. The average molecular weight is 430 g/mol. The van der Waals surface area contributed by atoms with E-state index in [1.54, 1.807) is 0 Å². The number of carbonyl (C=O) groups excluding carboxylic acids is 2. The highest BCUT2D eigenvalue weighted by atomic mass is 16.5. The van der Waals surface area contributed by atoms with Crippen molar-refractivity contribution in [2.75, 3.05) is 32.7 Å². The van der Waals surface area contributed by atoms with Crippen molar-refractivity contribution < 1.29 is 14.3 Å². The van der Waals surface area contributed by atoms with E-state index in [9.17, 15) is 9.59 Å². The van der Waals surface area contributed by atoms with Crippen LogP contribution in [0.5, 0.6) is 0 Å². The largest absolute Gasteiger partial charge is 0.457 e. The fraction of sp³-hybridized carbons (Fsp3) is 0.423. The van der Waals surface area contributed by atoms with E-state index in [-0.39, 0.29) is 11.9 Å². The number of ether oxygens (including phenoxy) is 1. The zero-order valence-electron chi connectivity index (χ0n) is 18.2. The van der Waals surface area contributed by atoms with Crippen molar-refractivity contribution in [3.63, 3.8) is 0 Å². The zero-order chi connectivity index (χ0) is 22.1. The summed E-state index contributed by atoms with van der Waals surface area (Å²) in [5, 5.41) is 9.17. The highest BCUT2D eigenvalue weighted by Gasteiger charge is 2.29. The quantitative estimate of drug-likeness (QED) is 0.683. The molecule has 1 unspecified atom stereocenters. The topological polar surface area (TPSA) is 73.6 Å². The Kier molecular flexibility index (Phi) is 5.67. The van der Waals surface area contributed by atoms with Gasteiger partial charge in [-0.15, -0.1) is 0 Å². The number of piperazine rings is 1. The van der Waals surface area contributed by atoms with Crippen molar-refractivity contribution in [3.8, 4) is 6.07 Å². The molecular formula is C26H27N3O3. The van der Waals surface area contributed by atoms with Crippen LogP contribution in [-0.2, 0) is 29.0 Å². The van der Waals surface area contributed by atoms with Gasteiger partial charge in [0.25, 0.3) is 0 Å². The molecule has 0 radical (unpaired) electrons. The average Bonchev–Trinajstić information content (AvgIpc) is 3.19. The molecule has 5 rings (SSSR count). The summed E-state index contributed by atoms with van der Waals surface area (Å²) in [5.74, 6) is 0.322. The lowest BCUT2D eigenvalue weighted by molar-refractivity contribution is -0.136. The van der Waals surface area contributed by atoms with E-state index in [1.165, 1.54) is 16.7 Å². The van der Waals surface area contributed by atoms with Gasteiger partial charge in [0.1, 0.15) is 6.61 Å². The summed E-state index contributed by atoms with van der Waals surface area (Å²) < 4.78 is 5.08. The number of benzene rings is 2. The van der Waals surface area contributed by atoms with Crippen LogP contribution in [-0.4, -0.2) is 54.4 Å². The number of amides is 1. The molecule has 6 heteroatoms. The second kappa shape index (κ2) is 8.76. The number of aryl methyl sites for hydroxylation is 1. The first-order valence-electron chi connectivity index (χ1n) is 11.4. The Labute approximate surface area is 188 Å². The maximum Gasteiger partial charge on any atom is 0.338 e. The third-order valence-electron chi connectivity index (χ3n) is 7.01. The molecule has 1 fully saturated rings. The number of hydrogen-bond acceptors (Lipinski definition) is 5. The maximum absolute atomic E-state index is 12.9. The Morgan fingerprint density at radius 3 is 2.84 bits per heavy atom. The molecule has 0 N–H and O–H groups in total. The van der Waals surface area contributed by atoms with Crippen molar-refractivity contribution >= 4 is 11.9 Å². The first-order chi connectivity index (χ1) is 15.6. The van der Waals surface area contributed by atoms with Gasteiger partial charge in [-0.25, -0.2) is 4.79 Å². The van der Waals surface area contributed by atoms with Gasteiger partial charge in [-0.05, 0) is 60.6 Å². The Morgan fingerprint density at radius 1 is 1.09 bits per heavy atom. The molecular weight excluding hydrogens is 402 g/mol. The Hall–Kier alpha value is -3.17. The molecule has 1 atom stereocenters. The minimum atomic E-state index is -0.237. The SMILES string of the molecule is N#Cc1ccc2c(c1)CCCC2CN1CCN(CCc2ccc3c(c2)COC3=O)CC1=O. The highest BCUT2D eigenvalue weighted by molar-refractivity contribution is 5.93. The standard InChI is InChI=1S/C26H27N3O3/c27-14-19-5-6-23-20(13-19)2-1-3-21(23)15-29-11-10-28(16-25(29)30)9-8-18-4-7-24-22(12-18)17-32-26(24)31/h4-7,12-13,21H,1-3,8-11,15-17H2. The molecule has 0 saturated carbocycles. The van der Waals surface area contributed by atoms with Gasteiger partial charge in [0.15, 0.2) is 0 Å². The third-order valence-corrected chi connectivity index (χ3v) is 7.01. The Bertz CT molecular complexity index is 1100. The van der Waals surface area contributed by atoms with Gasteiger partial charge in [-0.1, -0.05) is 18.2 Å². The third kappa shape index (κ3) is 4.13. The van der Waals surface area contributed by atoms with Crippen LogP contribution in [0.15, 0.2) is 36.4 Å². The van der Waals surface area contributed by atoms with Gasteiger partial charge < -0.3 is 9.64 Å². The summed E-state index contributed by atoms with van der Waals surface area (Å²) in [6.45, 7) is 4.06.